The Labute approximate surface area is 158 Å². The van der Waals surface area contributed by atoms with Gasteiger partial charge in [0.15, 0.2) is 5.65 Å². The van der Waals surface area contributed by atoms with Crippen LogP contribution in [0.25, 0.3) is 22.9 Å². The van der Waals surface area contributed by atoms with E-state index >= 15 is 0 Å². The van der Waals surface area contributed by atoms with E-state index < -0.39 is 4.92 Å². The summed E-state index contributed by atoms with van der Waals surface area (Å²) >= 11 is 0. The first kappa shape index (κ1) is 17.2. The van der Waals surface area contributed by atoms with Gasteiger partial charge in [-0.3, -0.25) is 19.3 Å². The average molecular weight is 371 g/mol. The lowest BCUT2D eigenvalue weighted by atomic mass is 10.1. The number of nitro benzene ring substituents is 1. The summed E-state index contributed by atoms with van der Waals surface area (Å²) in [6.07, 6.45) is 1.46. The van der Waals surface area contributed by atoms with Gasteiger partial charge in [-0.05, 0) is 30.7 Å². The lowest BCUT2D eigenvalue weighted by molar-refractivity contribution is -0.384. The summed E-state index contributed by atoms with van der Waals surface area (Å²) in [5.74, 6) is 0. The molecule has 0 radical (unpaired) electrons. The Kier molecular flexibility index (Phi) is 3.98. The van der Waals surface area contributed by atoms with Crippen molar-refractivity contribution in [2.24, 2.45) is 0 Å². The first-order chi connectivity index (χ1) is 13.5. The van der Waals surface area contributed by atoms with Crippen LogP contribution in [0.2, 0.25) is 0 Å². The second-order valence-electron chi connectivity index (χ2n) is 6.19. The highest BCUT2D eigenvalue weighted by molar-refractivity contribution is 5.82. The van der Waals surface area contributed by atoms with E-state index in [9.17, 15) is 20.2 Å². The van der Waals surface area contributed by atoms with E-state index in [1.165, 1.54) is 22.7 Å². The molecule has 2 heterocycles. The number of hydrogen-bond donors (Lipinski definition) is 1. The molecular formula is C20H13N5O3. The zero-order valence-electron chi connectivity index (χ0n) is 14.7. The number of benzene rings is 2. The molecule has 8 nitrogen and oxygen atoms in total. The molecule has 1 N–H and O–H groups in total. The fourth-order valence-electron chi connectivity index (χ4n) is 3.15. The van der Waals surface area contributed by atoms with E-state index in [0.717, 1.165) is 0 Å². The van der Waals surface area contributed by atoms with Crippen molar-refractivity contribution in [2.45, 2.75) is 6.92 Å². The van der Waals surface area contributed by atoms with Gasteiger partial charge in [0.1, 0.15) is 6.07 Å². The second-order valence-corrected chi connectivity index (χ2v) is 6.19. The van der Waals surface area contributed by atoms with Gasteiger partial charge in [-0.1, -0.05) is 18.2 Å². The topological polar surface area (TPSA) is 113 Å². The molecule has 0 spiro atoms. The SMILES string of the molecule is Cc1c(C#N)c2nc3ccccc3n2c(=O)c1=CNc1cccc([N+](=O)[O-])c1. The lowest BCUT2D eigenvalue weighted by Crippen LogP contribution is -2.34. The van der Waals surface area contributed by atoms with E-state index in [-0.39, 0.29) is 11.2 Å². The van der Waals surface area contributed by atoms with Crippen molar-refractivity contribution in [3.05, 3.63) is 85.3 Å². The van der Waals surface area contributed by atoms with Crippen LogP contribution in [0, 0.1) is 28.4 Å². The number of nitrogens with one attached hydrogen (secondary N) is 1. The summed E-state index contributed by atoms with van der Waals surface area (Å²) in [6.45, 7) is 1.68. The molecule has 4 rings (SSSR count). The number of rotatable bonds is 3. The number of nitrogens with zero attached hydrogens (tertiary/aromatic N) is 4. The van der Waals surface area contributed by atoms with Crippen molar-refractivity contribution >= 4 is 34.3 Å². The highest BCUT2D eigenvalue weighted by Gasteiger charge is 2.16. The van der Waals surface area contributed by atoms with Crippen molar-refractivity contribution in [3.8, 4) is 6.07 Å². The van der Waals surface area contributed by atoms with E-state index in [4.69, 9.17) is 0 Å². The first-order valence-electron chi connectivity index (χ1n) is 8.36. The van der Waals surface area contributed by atoms with Gasteiger partial charge in [-0.25, -0.2) is 4.98 Å². The Morgan fingerprint density at radius 1 is 1.25 bits per heavy atom. The largest absolute Gasteiger partial charge is 0.361 e. The number of imidazole rings is 1. The Morgan fingerprint density at radius 3 is 2.79 bits per heavy atom. The standard InChI is InChI=1S/C20H13N5O3/c1-12-15(10-21)19-23-17-7-2-3-8-18(17)24(19)20(26)16(12)11-22-13-5-4-6-14(9-13)25(27)28/h2-9,11,22H,1H3. The van der Waals surface area contributed by atoms with Crippen LogP contribution < -0.4 is 16.1 Å². The summed E-state index contributed by atoms with van der Waals surface area (Å²) in [5.41, 5.74) is 2.43. The molecule has 0 fully saturated rings. The molecule has 4 aromatic rings. The van der Waals surface area contributed by atoms with Crippen LogP contribution in [0.1, 0.15) is 11.1 Å². The highest BCUT2D eigenvalue weighted by Crippen LogP contribution is 2.18. The van der Waals surface area contributed by atoms with Crippen molar-refractivity contribution < 1.29 is 4.92 Å². The Balaban J connectivity index is 1.97. The molecule has 0 bridgehead atoms. The van der Waals surface area contributed by atoms with Crippen LogP contribution >= 0.6 is 0 Å². The summed E-state index contributed by atoms with van der Waals surface area (Å²) < 4.78 is 1.42. The molecule has 0 aliphatic rings. The fraction of sp³-hybridized carbons (Fsp3) is 0.0500. The van der Waals surface area contributed by atoms with Gasteiger partial charge in [-0.15, -0.1) is 0 Å². The number of nitro groups is 1. The molecule has 0 aliphatic heterocycles. The van der Waals surface area contributed by atoms with Gasteiger partial charge < -0.3 is 5.32 Å². The minimum absolute atomic E-state index is 0.0637. The third kappa shape index (κ3) is 2.62. The fourth-order valence-corrected chi connectivity index (χ4v) is 3.15. The highest BCUT2D eigenvalue weighted by atomic mass is 16.6. The number of non-ortho nitro benzene ring substituents is 1. The number of anilines is 1. The van der Waals surface area contributed by atoms with E-state index in [1.807, 2.05) is 6.07 Å². The minimum Gasteiger partial charge on any atom is -0.361 e. The Morgan fingerprint density at radius 2 is 2.04 bits per heavy atom. The van der Waals surface area contributed by atoms with Crippen molar-refractivity contribution in [1.29, 1.82) is 5.26 Å². The summed E-state index contributed by atoms with van der Waals surface area (Å²) in [6, 6.07) is 15.2. The number of pyridine rings is 1. The molecule has 0 aliphatic carbocycles. The molecule has 2 aromatic heterocycles. The molecule has 28 heavy (non-hydrogen) atoms. The normalized spacial score (nSPS) is 11.6. The summed E-state index contributed by atoms with van der Waals surface area (Å²) in [7, 11) is 0. The number of nitriles is 1. The quantitative estimate of drug-likeness (QED) is 0.437. The number of hydrogen-bond acceptors (Lipinski definition) is 6. The first-order valence-corrected chi connectivity index (χ1v) is 8.36. The molecule has 0 atom stereocenters. The molecule has 136 valence electrons. The lowest BCUT2D eigenvalue weighted by Gasteiger charge is -2.04. The predicted molar refractivity (Wildman–Crippen MR) is 105 cm³/mol. The van der Waals surface area contributed by atoms with Gasteiger partial charge in [-0.2, -0.15) is 5.26 Å². The predicted octanol–water partition coefficient (Wildman–Crippen LogP) is 2.50. The van der Waals surface area contributed by atoms with E-state index in [0.29, 0.717) is 38.7 Å². The summed E-state index contributed by atoms with van der Waals surface area (Å²) in [5, 5.41) is 23.8. The van der Waals surface area contributed by atoms with Gasteiger partial charge in [0.2, 0.25) is 0 Å². The molecule has 8 heteroatoms. The van der Waals surface area contributed by atoms with Gasteiger partial charge in [0.05, 0.1) is 26.7 Å². The maximum Gasteiger partial charge on any atom is 0.271 e. The Bertz CT molecular complexity index is 1420. The molecule has 2 aromatic carbocycles. The molecule has 0 saturated carbocycles. The van der Waals surface area contributed by atoms with Crippen LogP contribution in [-0.4, -0.2) is 14.3 Å². The van der Waals surface area contributed by atoms with Crippen LogP contribution in [-0.2, 0) is 0 Å². The van der Waals surface area contributed by atoms with E-state index in [2.05, 4.69) is 16.4 Å². The second kappa shape index (κ2) is 6.48. The molecule has 0 saturated heterocycles. The van der Waals surface area contributed by atoms with Crippen LogP contribution in [0.3, 0.4) is 0 Å². The molecule has 0 amide bonds. The van der Waals surface area contributed by atoms with Crippen LogP contribution in [0.4, 0.5) is 11.4 Å². The monoisotopic (exact) mass is 371 g/mol. The maximum atomic E-state index is 13.1. The third-order valence-corrected chi connectivity index (χ3v) is 4.55. The van der Waals surface area contributed by atoms with Crippen molar-refractivity contribution in [1.82, 2.24) is 9.38 Å². The van der Waals surface area contributed by atoms with Crippen molar-refractivity contribution in [2.75, 3.05) is 5.32 Å². The number of para-hydroxylation sites is 2. The van der Waals surface area contributed by atoms with Gasteiger partial charge >= 0.3 is 0 Å². The smallest absolute Gasteiger partial charge is 0.271 e. The van der Waals surface area contributed by atoms with Crippen LogP contribution in [0.5, 0.6) is 0 Å². The Hall–Kier alpha value is -4.25. The molecule has 0 unspecified atom stereocenters. The summed E-state index contributed by atoms with van der Waals surface area (Å²) in [4.78, 5) is 28.0. The van der Waals surface area contributed by atoms with Gasteiger partial charge in [0, 0.05) is 24.0 Å². The zero-order chi connectivity index (χ0) is 19.8. The minimum atomic E-state index is -0.493. The van der Waals surface area contributed by atoms with E-state index in [1.54, 1.807) is 37.3 Å². The molecular weight excluding hydrogens is 358 g/mol. The van der Waals surface area contributed by atoms with Gasteiger partial charge in [0.25, 0.3) is 11.2 Å². The van der Waals surface area contributed by atoms with Crippen LogP contribution in [0.15, 0.2) is 53.3 Å². The van der Waals surface area contributed by atoms with Crippen molar-refractivity contribution in [3.63, 3.8) is 0 Å². The third-order valence-electron chi connectivity index (χ3n) is 4.55. The zero-order valence-corrected chi connectivity index (χ0v) is 14.7. The average Bonchev–Trinajstić information content (AvgIpc) is 3.08. The number of fused-ring (bicyclic) bond motifs is 3. The maximum absolute atomic E-state index is 13.1. The number of aromatic nitrogens is 2.